The van der Waals surface area contributed by atoms with Crippen LogP contribution in [-0.4, -0.2) is 32.8 Å². The molecule has 1 aromatic rings. The highest BCUT2D eigenvalue weighted by Gasteiger charge is 2.35. The quantitative estimate of drug-likeness (QED) is 0.643. The SMILES string of the molecule is COC(=O)c1ccc(OC)c(NC(=O)NC[C@@H]2C[C@@H]3C=C[C@H]2C3)c1. The number of nitrogens with one attached hydrogen (secondary N) is 2. The van der Waals surface area contributed by atoms with Crippen LogP contribution in [0.1, 0.15) is 23.2 Å². The molecule has 6 nitrogen and oxygen atoms in total. The Morgan fingerprint density at radius 2 is 2.04 bits per heavy atom. The van der Waals surface area contributed by atoms with E-state index in [1.54, 1.807) is 18.2 Å². The second kappa shape index (κ2) is 6.95. The summed E-state index contributed by atoms with van der Waals surface area (Å²) in [5, 5.41) is 5.66. The van der Waals surface area contributed by atoms with E-state index in [4.69, 9.17) is 9.47 Å². The van der Waals surface area contributed by atoms with Gasteiger partial charge in [-0.25, -0.2) is 9.59 Å². The molecule has 2 N–H and O–H groups in total. The Balaban J connectivity index is 1.60. The second-order valence-corrected chi connectivity index (χ2v) is 6.28. The number of anilines is 1. The summed E-state index contributed by atoms with van der Waals surface area (Å²) in [4.78, 5) is 23.8. The Labute approximate surface area is 141 Å². The number of benzene rings is 1. The van der Waals surface area contributed by atoms with Gasteiger partial charge in [0.2, 0.25) is 0 Å². The van der Waals surface area contributed by atoms with Crippen molar-refractivity contribution < 1.29 is 19.1 Å². The first-order chi connectivity index (χ1) is 11.6. The molecule has 0 unspecified atom stereocenters. The monoisotopic (exact) mass is 330 g/mol. The predicted molar refractivity (Wildman–Crippen MR) is 90.2 cm³/mol. The van der Waals surface area contributed by atoms with Crippen LogP contribution in [0.5, 0.6) is 5.75 Å². The van der Waals surface area contributed by atoms with Gasteiger partial charge in [-0.2, -0.15) is 0 Å². The number of amides is 2. The molecule has 3 atom stereocenters. The van der Waals surface area contributed by atoms with E-state index in [1.807, 2.05) is 0 Å². The molecule has 1 aromatic carbocycles. The molecule has 128 valence electrons. The van der Waals surface area contributed by atoms with Crippen LogP contribution in [0.3, 0.4) is 0 Å². The molecule has 3 rings (SSSR count). The highest BCUT2D eigenvalue weighted by Crippen LogP contribution is 2.42. The van der Waals surface area contributed by atoms with Crippen LogP contribution in [-0.2, 0) is 4.74 Å². The fraction of sp³-hybridized carbons (Fsp3) is 0.444. The van der Waals surface area contributed by atoms with Crippen molar-refractivity contribution >= 4 is 17.7 Å². The summed E-state index contributed by atoms with van der Waals surface area (Å²) < 4.78 is 9.93. The minimum atomic E-state index is -0.463. The summed E-state index contributed by atoms with van der Waals surface area (Å²) in [6, 6.07) is 4.46. The maximum Gasteiger partial charge on any atom is 0.337 e. The number of carbonyl (C=O) groups excluding carboxylic acids is 2. The number of fused-ring (bicyclic) bond motifs is 2. The number of esters is 1. The molecule has 0 aromatic heterocycles. The zero-order valence-electron chi connectivity index (χ0n) is 13.9. The first kappa shape index (κ1) is 16.4. The molecular formula is C18H22N2O4. The number of methoxy groups -OCH3 is 2. The van der Waals surface area contributed by atoms with E-state index in [2.05, 4.69) is 22.8 Å². The van der Waals surface area contributed by atoms with Crippen LogP contribution in [0.15, 0.2) is 30.4 Å². The summed E-state index contributed by atoms with van der Waals surface area (Å²) in [6.07, 6.45) is 6.90. The molecule has 6 heteroatoms. The van der Waals surface area contributed by atoms with Crippen LogP contribution in [0, 0.1) is 17.8 Å². The second-order valence-electron chi connectivity index (χ2n) is 6.28. The van der Waals surface area contributed by atoms with E-state index in [9.17, 15) is 9.59 Å². The number of hydrogen-bond acceptors (Lipinski definition) is 4. The van der Waals surface area contributed by atoms with Crippen molar-refractivity contribution in [1.29, 1.82) is 0 Å². The highest BCUT2D eigenvalue weighted by atomic mass is 16.5. The van der Waals surface area contributed by atoms with Crippen molar-refractivity contribution in [2.75, 3.05) is 26.1 Å². The van der Waals surface area contributed by atoms with Gasteiger partial charge in [-0.15, -0.1) is 0 Å². The van der Waals surface area contributed by atoms with E-state index in [0.29, 0.717) is 41.3 Å². The minimum absolute atomic E-state index is 0.304. The average Bonchev–Trinajstić information content (AvgIpc) is 3.22. The normalized spacial score (nSPS) is 23.8. The first-order valence-electron chi connectivity index (χ1n) is 8.10. The average molecular weight is 330 g/mol. The molecule has 0 saturated heterocycles. The van der Waals surface area contributed by atoms with Crippen LogP contribution in [0.25, 0.3) is 0 Å². The van der Waals surface area contributed by atoms with Crippen molar-refractivity contribution in [3.63, 3.8) is 0 Å². The molecule has 2 aliphatic carbocycles. The molecule has 2 bridgehead atoms. The van der Waals surface area contributed by atoms with Crippen molar-refractivity contribution in [1.82, 2.24) is 5.32 Å². The van der Waals surface area contributed by atoms with Crippen LogP contribution < -0.4 is 15.4 Å². The van der Waals surface area contributed by atoms with E-state index >= 15 is 0 Å². The lowest BCUT2D eigenvalue weighted by molar-refractivity contribution is 0.0600. The van der Waals surface area contributed by atoms with Gasteiger partial charge in [0, 0.05) is 6.54 Å². The lowest BCUT2D eigenvalue weighted by atomic mass is 9.94. The summed E-state index contributed by atoms with van der Waals surface area (Å²) in [5.41, 5.74) is 0.789. The molecule has 0 heterocycles. The van der Waals surface area contributed by atoms with Crippen molar-refractivity contribution in [2.24, 2.45) is 17.8 Å². The summed E-state index contributed by atoms with van der Waals surface area (Å²) in [6.45, 7) is 0.649. The number of ether oxygens (including phenoxy) is 2. The van der Waals surface area contributed by atoms with Gasteiger partial charge in [0.1, 0.15) is 5.75 Å². The maximum atomic E-state index is 12.2. The first-order valence-corrected chi connectivity index (χ1v) is 8.10. The van der Waals surface area contributed by atoms with Crippen molar-refractivity contribution in [3.8, 4) is 5.75 Å². The predicted octanol–water partition coefficient (Wildman–Crippen LogP) is 2.82. The fourth-order valence-electron chi connectivity index (χ4n) is 3.57. The molecule has 24 heavy (non-hydrogen) atoms. The van der Waals surface area contributed by atoms with E-state index in [-0.39, 0.29) is 6.03 Å². The van der Waals surface area contributed by atoms with Crippen molar-refractivity contribution in [3.05, 3.63) is 35.9 Å². The number of hydrogen-bond donors (Lipinski definition) is 2. The highest BCUT2D eigenvalue weighted by molar-refractivity contribution is 5.95. The molecule has 2 amide bonds. The summed E-state index contributed by atoms with van der Waals surface area (Å²) in [7, 11) is 2.83. The van der Waals surface area contributed by atoms with Gasteiger partial charge in [0.25, 0.3) is 0 Å². The van der Waals surface area contributed by atoms with Crippen LogP contribution >= 0.6 is 0 Å². The van der Waals surface area contributed by atoms with Gasteiger partial charge >= 0.3 is 12.0 Å². The minimum Gasteiger partial charge on any atom is -0.495 e. The lowest BCUT2D eigenvalue weighted by Crippen LogP contribution is -2.34. The van der Waals surface area contributed by atoms with Gasteiger partial charge in [0.05, 0.1) is 25.5 Å². The summed E-state index contributed by atoms with van der Waals surface area (Å²) >= 11 is 0. The Hall–Kier alpha value is -2.50. The van der Waals surface area contributed by atoms with E-state index < -0.39 is 5.97 Å². The summed E-state index contributed by atoms with van der Waals surface area (Å²) in [5.74, 6) is 1.80. The van der Waals surface area contributed by atoms with Crippen LogP contribution in [0.4, 0.5) is 10.5 Å². The topological polar surface area (TPSA) is 76.7 Å². The molecule has 0 radical (unpaired) electrons. The zero-order chi connectivity index (χ0) is 17.1. The van der Waals surface area contributed by atoms with Gasteiger partial charge in [-0.1, -0.05) is 12.2 Å². The van der Waals surface area contributed by atoms with E-state index in [1.165, 1.54) is 20.6 Å². The Morgan fingerprint density at radius 3 is 2.67 bits per heavy atom. The zero-order valence-corrected chi connectivity index (χ0v) is 13.9. The van der Waals surface area contributed by atoms with E-state index in [0.717, 1.165) is 6.42 Å². The van der Waals surface area contributed by atoms with Gasteiger partial charge in [-0.3, -0.25) is 0 Å². The Bertz CT molecular complexity index is 671. The standard InChI is InChI=1S/C18H22N2O4/c1-23-16-6-5-13(17(21)24-2)9-15(16)20-18(22)19-10-14-8-11-3-4-12(14)7-11/h3-6,9,11-12,14H,7-8,10H2,1-2H3,(H2,19,20,22)/t11-,12+,14+/m1/s1. The molecule has 1 fully saturated rings. The van der Waals surface area contributed by atoms with Crippen molar-refractivity contribution in [2.45, 2.75) is 12.8 Å². The number of rotatable bonds is 5. The molecule has 1 saturated carbocycles. The molecule has 0 spiro atoms. The van der Waals surface area contributed by atoms with Crippen LogP contribution in [0.2, 0.25) is 0 Å². The third kappa shape index (κ3) is 3.37. The van der Waals surface area contributed by atoms with Gasteiger partial charge in [-0.05, 0) is 48.8 Å². The molecule has 0 aliphatic heterocycles. The third-order valence-corrected chi connectivity index (χ3v) is 4.81. The number of carbonyl (C=O) groups is 2. The Morgan fingerprint density at radius 1 is 1.21 bits per heavy atom. The largest absolute Gasteiger partial charge is 0.495 e. The molecule has 2 aliphatic rings. The smallest absolute Gasteiger partial charge is 0.337 e. The number of urea groups is 1. The van der Waals surface area contributed by atoms with Gasteiger partial charge < -0.3 is 20.1 Å². The third-order valence-electron chi connectivity index (χ3n) is 4.81. The molecular weight excluding hydrogens is 308 g/mol. The lowest BCUT2D eigenvalue weighted by Gasteiger charge is -2.19. The maximum absolute atomic E-state index is 12.2. The number of allylic oxidation sites excluding steroid dienone is 2. The van der Waals surface area contributed by atoms with Gasteiger partial charge in [0.15, 0.2) is 0 Å². The fourth-order valence-corrected chi connectivity index (χ4v) is 3.57. The Kier molecular flexibility index (Phi) is 4.74.